The normalized spacial score (nSPS) is 25.9. The zero-order valence-electron chi connectivity index (χ0n) is 26.1. The average molecular weight is 702 g/mol. The fraction of sp³-hybridized carbons (Fsp3) is 0.353. The number of halogens is 1. The van der Waals surface area contributed by atoms with E-state index in [0.29, 0.717) is 28.8 Å². The van der Waals surface area contributed by atoms with Crippen molar-refractivity contribution < 1.29 is 57.4 Å². The molecule has 0 aliphatic carbocycles. The van der Waals surface area contributed by atoms with Gasteiger partial charge in [0.1, 0.15) is 29.9 Å². The van der Waals surface area contributed by atoms with Gasteiger partial charge in [-0.15, -0.1) is 0 Å². The molecule has 5 rings (SSSR count). The third kappa shape index (κ3) is 8.43. The van der Waals surface area contributed by atoms with Crippen molar-refractivity contribution in [2.45, 2.75) is 55.7 Å². The summed E-state index contributed by atoms with van der Waals surface area (Å²) in [5.41, 5.74) is 2.37. The summed E-state index contributed by atoms with van der Waals surface area (Å²) in [6.07, 6.45) is -8.25. The fourth-order valence-electron chi connectivity index (χ4n) is 5.73. The van der Waals surface area contributed by atoms with Crippen molar-refractivity contribution in [3.05, 3.63) is 95.3 Å². The molecule has 0 radical (unpaired) electrons. The van der Waals surface area contributed by atoms with E-state index >= 15 is 0 Å². The number of amides is 1. The highest BCUT2D eigenvalue weighted by molar-refractivity contribution is 7.88. The molecule has 260 valence electrons. The number of nitrogens with one attached hydrogen (secondary N) is 1. The SMILES string of the molecule is C[35S](=O)(=O)NCC#Cc1ccc(N2C(=O)[C@H](CC[C@H](O)c3ccc(F)cc3)[C@H]2c2ccc(O[C@@H]3O[C@H](C(=O)O)[C@@H](O)[C@H](O)[C@H]3O)cc2)cc1. The minimum absolute atomic E-state index is 0.0626. The van der Waals surface area contributed by atoms with Gasteiger partial charge in [0.15, 0.2) is 6.10 Å². The van der Waals surface area contributed by atoms with Gasteiger partial charge in [-0.2, -0.15) is 0 Å². The molecule has 15 heteroatoms. The first kappa shape index (κ1) is 35.9. The summed E-state index contributed by atoms with van der Waals surface area (Å²) in [5.74, 6) is 3.01. The number of carboxylic acids is 1. The summed E-state index contributed by atoms with van der Waals surface area (Å²) in [4.78, 5) is 26.6. The Bertz CT molecular complexity index is 1810. The summed E-state index contributed by atoms with van der Waals surface area (Å²) in [6.45, 7) is -0.0626. The number of β-lactam (4-membered cyclic amide) rings is 1. The maximum Gasteiger partial charge on any atom is 0.335 e. The van der Waals surface area contributed by atoms with Gasteiger partial charge in [-0.3, -0.25) is 4.79 Å². The molecule has 0 spiro atoms. The van der Waals surface area contributed by atoms with Crippen LogP contribution in [0.1, 0.15) is 41.7 Å². The largest absolute Gasteiger partial charge is 0.479 e. The van der Waals surface area contributed by atoms with E-state index in [4.69, 9.17) is 9.47 Å². The molecule has 2 fully saturated rings. The number of benzene rings is 3. The lowest BCUT2D eigenvalue weighted by Gasteiger charge is -2.48. The van der Waals surface area contributed by atoms with Crippen LogP contribution < -0.4 is 14.4 Å². The van der Waals surface area contributed by atoms with E-state index < -0.39 is 70.6 Å². The van der Waals surface area contributed by atoms with Crippen molar-refractivity contribution in [2.75, 3.05) is 17.7 Å². The van der Waals surface area contributed by atoms with E-state index in [1.807, 2.05) is 0 Å². The van der Waals surface area contributed by atoms with Crippen LogP contribution in [-0.2, 0) is 24.3 Å². The standard InChI is InChI=1S/C34H35FN2O11S/c1-49(45,46)36-18-2-3-19-4-12-23(13-5-19)37-27(25(32(37)42)16-17-26(38)20-6-10-22(35)11-7-20)21-8-14-24(15-9-21)47-34-30(41)28(39)29(40)31(48-34)33(43)44/h4-15,25-31,34,36,38-41H,16-18H2,1H3,(H,43,44)/t25-,26+,27-,28+,29+,30-,31+,34-/m1/s1/i49+3. The van der Waals surface area contributed by atoms with Crippen LogP contribution in [0.4, 0.5) is 10.1 Å². The van der Waals surface area contributed by atoms with Crippen molar-refractivity contribution in [1.29, 1.82) is 0 Å². The third-order valence-corrected chi connectivity index (χ3v) is 8.98. The van der Waals surface area contributed by atoms with Crippen LogP contribution in [-0.4, -0.2) is 89.3 Å². The zero-order valence-corrected chi connectivity index (χ0v) is 26.9. The summed E-state index contributed by atoms with van der Waals surface area (Å²) in [6, 6.07) is 18.2. The van der Waals surface area contributed by atoms with Crippen LogP contribution in [0, 0.1) is 23.6 Å². The zero-order chi connectivity index (χ0) is 35.5. The first-order valence-corrected chi connectivity index (χ1v) is 17.1. The van der Waals surface area contributed by atoms with Gasteiger partial charge in [0.2, 0.25) is 22.2 Å². The smallest absolute Gasteiger partial charge is 0.335 e. The van der Waals surface area contributed by atoms with E-state index in [1.54, 1.807) is 41.3 Å². The monoisotopic (exact) mass is 701 g/mol. The lowest BCUT2D eigenvalue weighted by Crippen LogP contribution is -2.61. The highest BCUT2D eigenvalue weighted by Crippen LogP contribution is 2.46. The number of aliphatic carboxylic acids is 1. The molecule has 3 aromatic carbocycles. The molecule has 8 atom stereocenters. The van der Waals surface area contributed by atoms with Crippen molar-refractivity contribution >= 4 is 27.6 Å². The molecule has 0 unspecified atom stereocenters. The Morgan fingerprint density at radius 2 is 1.65 bits per heavy atom. The number of hydrogen-bond donors (Lipinski definition) is 6. The van der Waals surface area contributed by atoms with E-state index in [-0.39, 0.29) is 24.6 Å². The Kier molecular flexibility index (Phi) is 11.0. The molecule has 0 aromatic heterocycles. The Morgan fingerprint density at radius 1 is 1.00 bits per heavy atom. The van der Waals surface area contributed by atoms with Gasteiger partial charge in [0, 0.05) is 11.3 Å². The molecular formula is C34H35FN2O11S. The number of carbonyl (C=O) groups is 2. The van der Waals surface area contributed by atoms with E-state index in [2.05, 4.69) is 16.6 Å². The molecule has 1 amide bonds. The van der Waals surface area contributed by atoms with E-state index in [1.165, 1.54) is 36.4 Å². The number of carboxylic acid groups (broad SMARTS) is 1. The molecule has 6 N–H and O–H groups in total. The van der Waals surface area contributed by atoms with Crippen LogP contribution in [0.3, 0.4) is 0 Å². The first-order valence-electron chi connectivity index (χ1n) is 15.2. The number of hydrogen-bond acceptors (Lipinski definition) is 10. The predicted molar refractivity (Wildman–Crippen MR) is 172 cm³/mol. The van der Waals surface area contributed by atoms with Gasteiger partial charge < -0.3 is 39.9 Å². The number of sulfonamides is 1. The molecule has 0 saturated carbocycles. The van der Waals surface area contributed by atoms with Gasteiger partial charge in [-0.25, -0.2) is 22.3 Å². The number of rotatable bonds is 11. The maximum atomic E-state index is 13.6. The number of nitrogens with zero attached hydrogens (tertiary/aromatic N) is 1. The van der Waals surface area contributed by atoms with Gasteiger partial charge in [-0.1, -0.05) is 36.1 Å². The highest BCUT2D eigenvalue weighted by atomic mass is 35.1. The Hall–Kier alpha value is -4.40. The van der Waals surface area contributed by atoms with E-state index in [0.717, 1.165) is 6.26 Å². The lowest BCUT2D eigenvalue weighted by atomic mass is 9.78. The number of aliphatic hydroxyl groups is 4. The number of carbonyl (C=O) groups excluding carboxylic acids is 1. The second-order valence-electron chi connectivity index (χ2n) is 11.8. The van der Waals surface area contributed by atoms with Crippen molar-refractivity contribution in [1.82, 2.24) is 4.72 Å². The molecule has 13 nitrogen and oxygen atoms in total. The van der Waals surface area contributed by atoms with Gasteiger partial charge in [0.25, 0.3) is 0 Å². The Labute approximate surface area is 281 Å². The maximum absolute atomic E-state index is 13.6. The van der Waals surface area contributed by atoms with Crippen LogP contribution in [0.5, 0.6) is 5.75 Å². The lowest BCUT2D eigenvalue weighted by molar-refractivity contribution is -0.271. The summed E-state index contributed by atoms with van der Waals surface area (Å²) in [7, 11) is -3.38. The number of ether oxygens (including phenoxy) is 2. The van der Waals surface area contributed by atoms with Crippen LogP contribution in [0.15, 0.2) is 72.8 Å². The van der Waals surface area contributed by atoms with Gasteiger partial charge in [-0.05, 0) is 72.5 Å². The van der Waals surface area contributed by atoms with E-state index in [9.17, 15) is 47.9 Å². The van der Waals surface area contributed by atoms with Crippen molar-refractivity contribution in [2.24, 2.45) is 5.92 Å². The first-order chi connectivity index (χ1) is 23.2. The second kappa shape index (κ2) is 15.0. The molecule has 2 saturated heterocycles. The minimum Gasteiger partial charge on any atom is -0.479 e. The highest BCUT2D eigenvalue weighted by Gasteiger charge is 2.49. The molecular weight excluding hydrogens is 666 g/mol. The predicted octanol–water partition coefficient (Wildman–Crippen LogP) is 1.22. The number of anilines is 1. The van der Waals surface area contributed by atoms with Crippen molar-refractivity contribution in [3.63, 3.8) is 0 Å². The average Bonchev–Trinajstić information content (AvgIpc) is 3.06. The number of aliphatic hydroxyl groups excluding tert-OH is 4. The minimum atomic E-state index is -3.38. The second-order valence-corrected chi connectivity index (χ2v) is 13.6. The van der Waals surface area contributed by atoms with Crippen LogP contribution in [0.2, 0.25) is 0 Å². The van der Waals surface area contributed by atoms with Crippen molar-refractivity contribution in [3.8, 4) is 17.6 Å². The van der Waals surface area contributed by atoms with Gasteiger partial charge >= 0.3 is 5.97 Å². The molecule has 0 bridgehead atoms. The van der Waals surface area contributed by atoms with Crippen LogP contribution >= 0.6 is 0 Å². The molecule has 3 aromatic rings. The molecule has 49 heavy (non-hydrogen) atoms. The molecule has 2 aliphatic rings. The third-order valence-electron chi connectivity index (χ3n) is 8.31. The Balaban J connectivity index is 1.35. The van der Waals surface area contributed by atoms with Crippen LogP contribution in [0.25, 0.3) is 0 Å². The summed E-state index contributed by atoms with van der Waals surface area (Å²) < 4.78 is 49.0. The summed E-state index contributed by atoms with van der Waals surface area (Å²) in [5, 5.41) is 50.4. The topological polar surface area (TPSA) is 203 Å². The fourth-order valence-corrected chi connectivity index (χ4v) is 6.07. The quantitative estimate of drug-likeness (QED) is 0.124. The molecule has 2 aliphatic heterocycles. The van der Waals surface area contributed by atoms with Gasteiger partial charge in [0.05, 0.1) is 30.9 Å². The molecule has 2 heterocycles. The summed E-state index contributed by atoms with van der Waals surface area (Å²) >= 11 is 0. The Morgan fingerprint density at radius 3 is 2.27 bits per heavy atom.